The van der Waals surface area contributed by atoms with Crippen LogP contribution in [-0.2, 0) is 18.3 Å². The average molecular weight is 644 g/mol. The lowest BCUT2D eigenvalue weighted by Crippen LogP contribution is -2.37. The molecular formula is C32H39ClN3O7P. The molecule has 0 spiro atoms. The third-order valence-electron chi connectivity index (χ3n) is 7.32. The first-order chi connectivity index (χ1) is 20.7. The number of halogens is 1. The number of ether oxygens (including phenoxy) is 1. The van der Waals surface area contributed by atoms with Crippen molar-refractivity contribution in [2.45, 2.75) is 32.8 Å². The fourth-order valence-electron chi connectivity index (χ4n) is 4.92. The molecule has 12 heteroatoms. The van der Waals surface area contributed by atoms with E-state index < -0.39 is 20.7 Å². The molecular weight excluding hydrogens is 605 g/mol. The third-order valence-corrected chi connectivity index (χ3v) is 8.47. The van der Waals surface area contributed by atoms with E-state index in [4.69, 9.17) is 25.4 Å². The highest BCUT2D eigenvalue weighted by atomic mass is 35.5. The number of quaternary nitrogens is 1. The maximum atomic E-state index is 13.9. The Balaban J connectivity index is 1.47. The van der Waals surface area contributed by atoms with Gasteiger partial charge in [-0.3, -0.25) is 18.7 Å². The van der Waals surface area contributed by atoms with Gasteiger partial charge in [-0.25, -0.2) is 0 Å². The molecule has 2 amide bonds. The van der Waals surface area contributed by atoms with Gasteiger partial charge in [0, 0.05) is 39.6 Å². The summed E-state index contributed by atoms with van der Waals surface area (Å²) in [6.45, 7) is 4.05. The number of amides is 2. The summed E-state index contributed by atoms with van der Waals surface area (Å²) >= 11 is 6.34. The molecule has 1 heterocycles. The van der Waals surface area contributed by atoms with Crippen molar-refractivity contribution in [2.24, 2.45) is 0 Å². The first-order valence-corrected chi connectivity index (χ1v) is 16.2. The van der Waals surface area contributed by atoms with Gasteiger partial charge in [-0.05, 0) is 80.3 Å². The van der Waals surface area contributed by atoms with Gasteiger partial charge in [-0.1, -0.05) is 29.8 Å². The van der Waals surface area contributed by atoms with Gasteiger partial charge in [0.1, 0.15) is 13.2 Å². The quantitative estimate of drug-likeness (QED) is 0.158. The number of carbonyl (C=O) groups is 2. The number of hydrogen-bond acceptors (Lipinski definition) is 7. The van der Waals surface area contributed by atoms with Crippen LogP contribution in [0.1, 0.15) is 56.4 Å². The molecule has 0 fully saturated rings. The lowest BCUT2D eigenvalue weighted by Gasteiger charge is -2.28. The maximum absolute atomic E-state index is 13.9. The van der Waals surface area contributed by atoms with Gasteiger partial charge in [0.05, 0.1) is 27.2 Å². The Labute approximate surface area is 263 Å². The number of nitrogens with one attached hydrogen (secondary N) is 1. The van der Waals surface area contributed by atoms with Crippen molar-refractivity contribution in [3.63, 3.8) is 0 Å². The van der Waals surface area contributed by atoms with Crippen LogP contribution >= 0.6 is 19.4 Å². The molecule has 0 aliphatic carbocycles. The smallest absolute Gasteiger partial charge is 0.270 e. The summed E-state index contributed by atoms with van der Waals surface area (Å²) < 4.78 is 28.6. The maximum Gasteiger partial charge on any atom is 0.270 e. The summed E-state index contributed by atoms with van der Waals surface area (Å²) in [5, 5.41) is 3.37. The predicted molar refractivity (Wildman–Crippen MR) is 169 cm³/mol. The largest absolute Gasteiger partial charge is 0.756 e. The zero-order chi connectivity index (χ0) is 32.1. The molecule has 236 valence electrons. The summed E-state index contributed by atoms with van der Waals surface area (Å²) in [5.41, 5.74) is 4.49. The Kier molecular flexibility index (Phi) is 11.0. The number of rotatable bonds is 11. The SMILES string of the molecule is Cc1ccccc1C(=O)Nc1ccc(C(=O)N2CCCC(OCOP(=O)([O-])OCC[N+](C)(C)C)c3cc(Cl)ccc32)c(C)c1. The van der Waals surface area contributed by atoms with Gasteiger partial charge in [0.25, 0.3) is 19.6 Å². The molecule has 0 aromatic heterocycles. The van der Waals surface area contributed by atoms with E-state index >= 15 is 0 Å². The number of hydrogen-bond donors (Lipinski definition) is 1. The highest BCUT2D eigenvalue weighted by molar-refractivity contribution is 7.45. The zero-order valence-electron chi connectivity index (χ0n) is 25.7. The summed E-state index contributed by atoms with van der Waals surface area (Å²) in [4.78, 5) is 40.6. The second-order valence-corrected chi connectivity index (χ2v) is 13.6. The summed E-state index contributed by atoms with van der Waals surface area (Å²) in [5.74, 6) is -0.437. The van der Waals surface area contributed by atoms with Crippen LogP contribution in [0, 0.1) is 13.8 Å². The van der Waals surface area contributed by atoms with Crippen LogP contribution in [-0.4, -0.2) is 63.9 Å². The van der Waals surface area contributed by atoms with Crippen molar-refractivity contribution in [2.75, 3.05) is 57.8 Å². The predicted octanol–water partition coefficient (Wildman–Crippen LogP) is 5.87. The molecule has 44 heavy (non-hydrogen) atoms. The number of benzene rings is 3. The summed E-state index contributed by atoms with van der Waals surface area (Å²) in [6, 6.07) is 17.7. The topological polar surface area (TPSA) is 117 Å². The van der Waals surface area contributed by atoms with Crippen molar-refractivity contribution in [3.05, 3.63) is 93.5 Å². The van der Waals surface area contributed by atoms with Gasteiger partial charge in [-0.15, -0.1) is 0 Å². The van der Waals surface area contributed by atoms with E-state index in [-0.39, 0.29) is 18.4 Å². The summed E-state index contributed by atoms with van der Waals surface area (Å²) in [7, 11) is 1.22. The molecule has 0 radical (unpaired) electrons. The van der Waals surface area contributed by atoms with Crippen molar-refractivity contribution < 1.29 is 37.3 Å². The fourth-order valence-corrected chi connectivity index (χ4v) is 5.67. The van der Waals surface area contributed by atoms with Crippen LogP contribution in [0.2, 0.25) is 5.02 Å². The monoisotopic (exact) mass is 643 g/mol. The van der Waals surface area contributed by atoms with E-state index in [1.54, 1.807) is 47.4 Å². The molecule has 0 saturated heterocycles. The van der Waals surface area contributed by atoms with Gasteiger partial charge < -0.3 is 28.9 Å². The van der Waals surface area contributed by atoms with Crippen molar-refractivity contribution in [1.29, 1.82) is 0 Å². The number of carbonyl (C=O) groups excluding carboxylic acids is 2. The van der Waals surface area contributed by atoms with Crippen LogP contribution in [0.4, 0.5) is 11.4 Å². The molecule has 10 nitrogen and oxygen atoms in total. The average Bonchev–Trinajstić information content (AvgIpc) is 3.11. The molecule has 3 aromatic carbocycles. The normalized spacial score (nSPS) is 16.5. The lowest BCUT2D eigenvalue weighted by atomic mass is 10.0. The second kappa shape index (κ2) is 14.3. The number of phosphoric ester groups is 1. The molecule has 0 bridgehead atoms. The molecule has 0 saturated carbocycles. The molecule has 2 atom stereocenters. The minimum Gasteiger partial charge on any atom is -0.756 e. The van der Waals surface area contributed by atoms with E-state index in [0.717, 1.165) is 5.56 Å². The van der Waals surface area contributed by atoms with Gasteiger partial charge in [-0.2, -0.15) is 0 Å². The van der Waals surface area contributed by atoms with Crippen LogP contribution in [0.25, 0.3) is 0 Å². The summed E-state index contributed by atoms with van der Waals surface area (Å²) in [6.07, 6.45) is 0.531. The van der Waals surface area contributed by atoms with Crippen molar-refractivity contribution in [3.8, 4) is 0 Å². The van der Waals surface area contributed by atoms with Crippen molar-refractivity contribution in [1.82, 2.24) is 0 Å². The third kappa shape index (κ3) is 8.99. The van der Waals surface area contributed by atoms with Crippen LogP contribution in [0.3, 0.4) is 0 Å². The Bertz CT molecular complexity index is 1560. The Hall–Kier alpha value is -3.08. The number of nitrogens with zero attached hydrogens (tertiary/aromatic N) is 2. The van der Waals surface area contributed by atoms with Crippen LogP contribution in [0.15, 0.2) is 60.7 Å². The molecule has 1 aliphatic heterocycles. The van der Waals surface area contributed by atoms with E-state index in [0.29, 0.717) is 69.1 Å². The standard InChI is InChI=1S/C32H39ClN3O7P/c1-22-9-6-7-10-26(22)31(37)34-25-13-14-27(23(2)19-25)32(38)35-16-8-11-30(28-20-24(33)12-15-29(28)35)41-21-43-44(39,40)42-18-17-36(3,4)5/h6-7,9-10,12-15,19-20,30H,8,11,16-18,21H2,1-5H3,(H-,34,37,38,39,40). The number of fused-ring (bicyclic) bond motifs is 1. The van der Waals surface area contributed by atoms with Crippen LogP contribution < -0.4 is 15.1 Å². The number of likely N-dealkylation sites (N-methyl/N-ethyl adjacent to an activating group) is 1. The van der Waals surface area contributed by atoms with Gasteiger partial charge in [0.2, 0.25) is 0 Å². The van der Waals surface area contributed by atoms with Gasteiger partial charge in [0.15, 0.2) is 6.79 Å². The van der Waals surface area contributed by atoms with Gasteiger partial charge >= 0.3 is 0 Å². The second-order valence-electron chi connectivity index (χ2n) is 11.8. The first-order valence-electron chi connectivity index (χ1n) is 14.4. The Morgan fingerprint density at radius 3 is 2.48 bits per heavy atom. The molecule has 3 aromatic rings. The van der Waals surface area contributed by atoms with E-state index in [9.17, 15) is 19.0 Å². The van der Waals surface area contributed by atoms with E-state index in [1.807, 2.05) is 53.2 Å². The van der Waals surface area contributed by atoms with Crippen molar-refractivity contribution >= 4 is 42.6 Å². The number of phosphoric acid groups is 1. The fraction of sp³-hybridized carbons (Fsp3) is 0.375. The minimum atomic E-state index is -4.56. The van der Waals surface area contributed by atoms with E-state index in [2.05, 4.69) is 5.32 Å². The Morgan fingerprint density at radius 2 is 1.77 bits per heavy atom. The number of aryl methyl sites for hydroxylation is 2. The molecule has 2 unspecified atom stereocenters. The first kappa shape index (κ1) is 33.8. The number of anilines is 2. The molecule has 4 rings (SSSR count). The molecule has 1 aliphatic rings. The highest BCUT2D eigenvalue weighted by Crippen LogP contribution is 2.41. The van der Waals surface area contributed by atoms with E-state index in [1.165, 1.54) is 0 Å². The minimum absolute atomic E-state index is 0.0112. The van der Waals surface area contributed by atoms with Crippen LogP contribution in [0.5, 0.6) is 0 Å². The lowest BCUT2D eigenvalue weighted by molar-refractivity contribution is -0.870. The highest BCUT2D eigenvalue weighted by Gasteiger charge is 2.29. The Morgan fingerprint density at radius 1 is 1.02 bits per heavy atom. The molecule has 1 N–H and O–H groups in total. The zero-order valence-corrected chi connectivity index (χ0v) is 27.3.